The SMILES string of the molecule is Cn1cc(C(=O)C2CCC2)nn1. The van der Waals surface area contributed by atoms with E-state index in [1.54, 1.807) is 17.9 Å². The molecule has 2 rings (SSSR count). The number of Topliss-reactive ketones (excluding diaryl/α,β-unsaturated/α-hetero) is 1. The second-order valence-corrected chi connectivity index (χ2v) is 3.27. The van der Waals surface area contributed by atoms with Gasteiger partial charge in [-0.1, -0.05) is 11.6 Å². The molecule has 4 heteroatoms. The standard InChI is InChI=1S/C8H11N3O/c1-11-5-7(9-10-11)8(12)6-3-2-4-6/h5-6H,2-4H2,1H3. The Hall–Kier alpha value is -1.19. The predicted molar refractivity (Wildman–Crippen MR) is 42.7 cm³/mol. The summed E-state index contributed by atoms with van der Waals surface area (Å²) >= 11 is 0. The number of rotatable bonds is 2. The molecule has 1 saturated carbocycles. The van der Waals surface area contributed by atoms with Crippen molar-refractivity contribution < 1.29 is 4.79 Å². The quantitative estimate of drug-likeness (QED) is 0.609. The number of hydrogen-bond donors (Lipinski definition) is 0. The molecule has 1 aromatic heterocycles. The average Bonchev–Trinajstić information content (AvgIpc) is 2.31. The van der Waals surface area contributed by atoms with Gasteiger partial charge >= 0.3 is 0 Å². The molecule has 0 bridgehead atoms. The summed E-state index contributed by atoms with van der Waals surface area (Å²) in [6.07, 6.45) is 4.90. The first-order valence-electron chi connectivity index (χ1n) is 4.18. The van der Waals surface area contributed by atoms with Crippen molar-refractivity contribution in [2.24, 2.45) is 13.0 Å². The highest BCUT2D eigenvalue weighted by molar-refractivity contribution is 5.96. The summed E-state index contributed by atoms with van der Waals surface area (Å²) in [5, 5.41) is 7.51. The molecule has 0 radical (unpaired) electrons. The molecule has 0 unspecified atom stereocenters. The minimum absolute atomic E-state index is 0.161. The van der Waals surface area contributed by atoms with E-state index in [9.17, 15) is 4.79 Å². The Morgan fingerprint density at radius 1 is 1.67 bits per heavy atom. The van der Waals surface area contributed by atoms with E-state index in [0.717, 1.165) is 12.8 Å². The van der Waals surface area contributed by atoms with E-state index >= 15 is 0 Å². The summed E-state index contributed by atoms with van der Waals surface area (Å²) < 4.78 is 1.56. The second kappa shape index (κ2) is 2.69. The summed E-state index contributed by atoms with van der Waals surface area (Å²) in [6, 6.07) is 0. The molecule has 0 aromatic carbocycles. The van der Waals surface area contributed by atoms with Gasteiger partial charge in [0.05, 0.1) is 6.20 Å². The topological polar surface area (TPSA) is 47.8 Å². The van der Waals surface area contributed by atoms with Gasteiger partial charge < -0.3 is 0 Å². The number of ketones is 1. The largest absolute Gasteiger partial charge is 0.292 e. The molecule has 4 nitrogen and oxygen atoms in total. The molecule has 0 saturated heterocycles. The summed E-state index contributed by atoms with van der Waals surface area (Å²) in [6.45, 7) is 0. The Morgan fingerprint density at radius 3 is 2.83 bits per heavy atom. The zero-order chi connectivity index (χ0) is 8.55. The van der Waals surface area contributed by atoms with Crippen LogP contribution in [0.25, 0.3) is 0 Å². The van der Waals surface area contributed by atoms with Gasteiger partial charge in [0.1, 0.15) is 5.69 Å². The van der Waals surface area contributed by atoms with Crippen LogP contribution >= 0.6 is 0 Å². The van der Waals surface area contributed by atoms with E-state index in [1.165, 1.54) is 6.42 Å². The summed E-state index contributed by atoms with van der Waals surface area (Å²) in [5.41, 5.74) is 0.516. The van der Waals surface area contributed by atoms with Crippen molar-refractivity contribution in [1.29, 1.82) is 0 Å². The van der Waals surface area contributed by atoms with Crippen LogP contribution in [0.3, 0.4) is 0 Å². The van der Waals surface area contributed by atoms with Crippen LogP contribution in [0.1, 0.15) is 29.8 Å². The van der Waals surface area contributed by atoms with Crippen molar-refractivity contribution in [2.75, 3.05) is 0 Å². The number of carbonyl (C=O) groups excluding carboxylic acids is 1. The third kappa shape index (κ3) is 1.13. The molecular weight excluding hydrogens is 154 g/mol. The Morgan fingerprint density at radius 2 is 2.42 bits per heavy atom. The molecular formula is C8H11N3O. The molecule has 0 N–H and O–H groups in total. The van der Waals surface area contributed by atoms with Crippen molar-refractivity contribution in [3.8, 4) is 0 Å². The lowest BCUT2D eigenvalue weighted by Crippen LogP contribution is -2.22. The van der Waals surface area contributed by atoms with Crippen LogP contribution in [0.2, 0.25) is 0 Å². The van der Waals surface area contributed by atoms with E-state index in [-0.39, 0.29) is 11.7 Å². The van der Waals surface area contributed by atoms with E-state index in [4.69, 9.17) is 0 Å². The fraction of sp³-hybridized carbons (Fsp3) is 0.625. The maximum Gasteiger partial charge on any atom is 0.187 e. The minimum atomic E-state index is 0.161. The third-order valence-corrected chi connectivity index (χ3v) is 2.33. The fourth-order valence-electron chi connectivity index (χ4n) is 1.34. The van der Waals surface area contributed by atoms with Gasteiger partial charge in [-0.2, -0.15) is 0 Å². The van der Waals surface area contributed by atoms with E-state index in [1.807, 2.05) is 0 Å². The summed E-state index contributed by atoms with van der Waals surface area (Å²) in [4.78, 5) is 11.5. The van der Waals surface area contributed by atoms with Gasteiger partial charge in [-0.3, -0.25) is 9.48 Å². The number of aromatic nitrogens is 3. The molecule has 0 amide bonds. The van der Waals surface area contributed by atoms with Crippen LogP contribution in [0.15, 0.2) is 6.20 Å². The van der Waals surface area contributed by atoms with Crippen molar-refractivity contribution in [2.45, 2.75) is 19.3 Å². The minimum Gasteiger partial charge on any atom is -0.292 e. The molecule has 1 aromatic rings. The molecule has 0 atom stereocenters. The van der Waals surface area contributed by atoms with E-state index in [0.29, 0.717) is 5.69 Å². The Kier molecular flexibility index (Phi) is 1.67. The molecule has 1 fully saturated rings. The van der Waals surface area contributed by atoms with Crippen molar-refractivity contribution >= 4 is 5.78 Å². The zero-order valence-electron chi connectivity index (χ0n) is 7.03. The van der Waals surface area contributed by atoms with Gasteiger partial charge in [0.25, 0.3) is 0 Å². The predicted octanol–water partition coefficient (Wildman–Crippen LogP) is 0.798. The van der Waals surface area contributed by atoms with Gasteiger partial charge in [-0.05, 0) is 12.8 Å². The average molecular weight is 165 g/mol. The molecule has 0 spiro atoms. The molecule has 1 aliphatic rings. The van der Waals surface area contributed by atoms with Crippen molar-refractivity contribution in [1.82, 2.24) is 15.0 Å². The molecule has 12 heavy (non-hydrogen) atoms. The van der Waals surface area contributed by atoms with E-state index in [2.05, 4.69) is 10.3 Å². The van der Waals surface area contributed by atoms with Crippen LogP contribution < -0.4 is 0 Å². The maximum absolute atomic E-state index is 11.5. The van der Waals surface area contributed by atoms with Crippen molar-refractivity contribution in [3.63, 3.8) is 0 Å². The highest BCUT2D eigenvalue weighted by atomic mass is 16.1. The molecule has 64 valence electrons. The first-order valence-corrected chi connectivity index (χ1v) is 4.18. The Labute approximate surface area is 70.6 Å². The maximum atomic E-state index is 11.5. The first kappa shape index (κ1) is 7.46. The van der Waals surface area contributed by atoms with Crippen LogP contribution in [0, 0.1) is 5.92 Å². The molecule has 1 heterocycles. The summed E-state index contributed by atoms with van der Waals surface area (Å²) in [7, 11) is 1.77. The number of carbonyl (C=O) groups is 1. The fourth-order valence-corrected chi connectivity index (χ4v) is 1.34. The Bertz CT molecular complexity index is 301. The highest BCUT2D eigenvalue weighted by Gasteiger charge is 2.27. The zero-order valence-corrected chi connectivity index (χ0v) is 7.03. The highest BCUT2D eigenvalue weighted by Crippen LogP contribution is 2.28. The lowest BCUT2D eigenvalue weighted by atomic mass is 9.81. The Balaban J connectivity index is 2.13. The van der Waals surface area contributed by atoms with Crippen molar-refractivity contribution in [3.05, 3.63) is 11.9 Å². The van der Waals surface area contributed by atoms with Crippen LogP contribution in [0.4, 0.5) is 0 Å². The van der Waals surface area contributed by atoms with Crippen LogP contribution in [0.5, 0.6) is 0 Å². The molecule has 1 aliphatic carbocycles. The van der Waals surface area contributed by atoms with Gasteiger partial charge in [0.2, 0.25) is 0 Å². The van der Waals surface area contributed by atoms with Gasteiger partial charge in [-0.15, -0.1) is 5.10 Å². The lowest BCUT2D eigenvalue weighted by molar-refractivity contribution is 0.0849. The van der Waals surface area contributed by atoms with Gasteiger partial charge in [-0.25, -0.2) is 0 Å². The van der Waals surface area contributed by atoms with Gasteiger partial charge in [0, 0.05) is 13.0 Å². The van der Waals surface area contributed by atoms with Gasteiger partial charge in [0.15, 0.2) is 5.78 Å². The first-order chi connectivity index (χ1) is 5.77. The van der Waals surface area contributed by atoms with Crippen LogP contribution in [-0.2, 0) is 7.05 Å². The van der Waals surface area contributed by atoms with Crippen LogP contribution in [-0.4, -0.2) is 20.8 Å². The monoisotopic (exact) mass is 165 g/mol. The lowest BCUT2D eigenvalue weighted by Gasteiger charge is -2.22. The summed E-state index contributed by atoms with van der Waals surface area (Å²) in [5.74, 6) is 0.385. The smallest absolute Gasteiger partial charge is 0.187 e. The molecule has 0 aliphatic heterocycles. The number of nitrogens with zero attached hydrogens (tertiary/aromatic N) is 3. The number of aryl methyl sites for hydroxylation is 1. The third-order valence-electron chi connectivity index (χ3n) is 2.33. The van der Waals surface area contributed by atoms with E-state index < -0.39 is 0 Å². The second-order valence-electron chi connectivity index (χ2n) is 3.27. The number of hydrogen-bond acceptors (Lipinski definition) is 3. The normalized spacial score (nSPS) is 17.4.